The highest BCUT2D eigenvalue weighted by Gasteiger charge is 2.34. The summed E-state index contributed by atoms with van der Waals surface area (Å²) < 4.78 is 24.6. The molecule has 0 atom stereocenters. The fraction of sp³-hybridized carbons (Fsp3) is 0.316. The van der Waals surface area contributed by atoms with E-state index in [2.05, 4.69) is 0 Å². The summed E-state index contributed by atoms with van der Waals surface area (Å²) in [5, 5.41) is 0.573. The zero-order valence-electron chi connectivity index (χ0n) is 14.4. The average molecular weight is 398 g/mol. The van der Waals surface area contributed by atoms with Crippen LogP contribution in [0, 0.1) is 5.82 Å². The molecule has 1 aliphatic carbocycles. The third-order valence-electron chi connectivity index (χ3n) is 4.32. The number of rotatable bonds is 6. The molecule has 0 bridgehead atoms. The normalized spacial score (nSPS) is 13.4. The summed E-state index contributed by atoms with van der Waals surface area (Å²) in [6.07, 6.45) is 1.75. The number of carbonyl (C=O) groups is 1. The molecule has 7 heteroatoms. The number of halogens is 3. The molecule has 0 unspecified atom stereocenters. The van der Waals surface area contributed by atoms with Gasteiger partial charge in [0.15, 0.2) is 11.5 Å². The summed E-state index contributed by atoms with van der Waals surface area (Å²) >= 11 is 12.3. The van der Waals surface area contributed by atoms with Crippen molar-refractivity contribution in [1.82, 2.24) is 4.90 Å². The molecule has 1 amide bonds. The summed E-state index contributed by atoms with van der Waals surface area (Å²) in [7, 11) is 2.95. The van der Waals surface area contributed by atoms with Crippen LogP contribution in [0.1, 0.15) is 28.8 Å². The first kappa shape index (κ1) is 18.8. The Morgan fingerprint density at radius 1 is 1.19 bits per heavy atom. The number of hydrogen-bond donors (Lipinski definition) is 0. The van der Waals surface area contributed by atoms with Crippen LogP contribution in [-0.2, 0) is 6.54 Å². The molecule has 4 nitrogen and oxygen atoms in total. The van der Waals surface area contributed by atoms with Gasteiger partial charge in [0.25, 0.3) is 5.91 Å². The quantitative estimate of drug-likeness (QED) is 0.691. The highest BCUT2D eigenvalue weighted by molar-refractivity contribution is 6.32. The Labute approximate surface area is 161 Å². The third kappa shape index (κ3) is 3.74. The van der Waals surface area contributed by atoms with Crippen molar-refractivity contribution < 1.29 is 18.7 Å². The Bertz CT molecular complexity index is 820. The summed E-state index contributed by atoms with van der Waals surface area (Å²) in [5.74, 6) is 0.0415. The number of nitrogens with zero attached hydrogens (tertiary/aromatic N) is 1. The van der Waals surface area contributed by atoms with E-state index in [1.807, 2.05) is 0 Å². The minimum Gasteiger partial charge on any atom is -0.493 e. The predicted octanol–water partition coefficient (Wildman–Crippen LogP) is 4.95. The first-order chi connectivity index (χ1) is 12.5. The van der Waals surface area contributed by atoms with E-state index in [1.165, 1.54) is 26.4 Å². The van der Waals surface area contributed by atoms with Gasteiger partial charge in [-0.25, -0.2) is 4.39 Å². The minimum atomic E-state index is -0.429. The molecule has 0 N–H and O–H groups in total. The van der Waals surface area contributed by atoms with E-state index in [4.69, 9.17) is 32.7 Å². The van der Waals surface area contributed by atoms with Crippen molar-refractivity contribution in [2.45, 2.75) is 25.4 Å². The summed E-state index contributed by atoms with van der Waals surface area (Å²) in [6.45, 7) is 0.0982. The fourth-order valence-corrected chi connectivity index (χ4v) is 3.32. The van der Waals surface area contributed by atoms with Crippen molar-refractivity contribution in [3.8, 4) is 11.5 Å². The van der Waals surface area contributed by atoms with Gasteiger partial charge in [0, 0.05) is 22.2 Å². The predicted molar refractivity (Wildman–Crippen MR) is 98.9 cm³/mol. The lowest BCUT2D eigenvalue weighted by molar-refractivity contribution is 0.0728. The smallest absolute Gasteiger partial charge is 0.254 e. The van der Waals surface area contributed by atoms with E-state index < -0.39 is 5.82 Å². The SMILES string of the molecule is COc1cc(C(=O)N(Cc2c(F)cccc2Cl)C2CC2)cc(Cl)c1OC. The van der Waals surface area contributed by atoms with E-state index >= 15 is 0 Å². The maximum Gasteiger partial charge on any atom is 0.254 e. The van der Waals surface area contributed by atoms with Crippen molar-refractivity contribution in [1.29, 1.82) is 0 Å². The van der Waals surface area contributed by atoms with Gasteiger partial charge in [0.05, 0.1) is 25.8 Å². The Hall–Kier alpha value is -1.98. The molecule has 3 rings (SSSR count). The number of methoxy groups -OCH3 is 2. The molecule has 1 fully saturated rings. The van der Waals surface area contributed by atoms with Crippen molar-refractivity contribution in [3.63, 3.8) is 0 Å². The largest absolute Gasteiger partial charge is 0.493 e. The van der Waals surface area contributed by atoms with Crippen LogP contribution in [0.4, 0.5) is 4.39 Å². The van der Waals surface area contributed by atoms with Gasteiger partial charge in [0.1, 0.15) is 5.82 Å². The van der Waals surface area contributed by atoms with E-state index in [1.54, 1.807) is 23.1 Å². The molecule has 0 aromatic heterocycles. The van der Waals surface area contributed by atoms with Gasteiger partial charge in [-0.2, -0.15) is 0 Å². The molecule has 2 aromatic rings. The Balaban J connectivity index is 1.94. The van der Waals surface area contributed by atoms with Gasteiger partial charge < -0.3 is 14.4 Å². The molecule has 0 heterocycles. The highest BCUT2D eigenvalue weighted by atomic mass is 35.5. The van der Waals surface area contributed by atoms with Crippen LogP contribution in [0.5, 0.6) is 11.5 Å². The topological polar surface area (TPSA) is 38.8 Å². The van der Waals surface area contributed by atoms with Crippen LogP contribution in [0.2, 0.25) is 10.0 Å². The van der Waals surface area contributed by atoms with Gasteiger partial charge >= 0.3 is 0 Å². The van der Waals surface area contributed by atoms with Gasteiger partial charge in [0.2, 0.25) is 0 Å². The molecule has 1 aliphatic rings. The van der Waals surface area contributed by atoms with Crippen LogP contribution in [0.25, 0.3) is 0 Å². The molecule has 0 spiro atoms. The zero-order valence-corrected chi connectivity index (χ0v) is 15.9. The van der Waals surface area contributed by atoms with Crippen molar-refractivity contribution in [3.05, 3.63) is 57.3 Å². The van der Waals surface area contributed by atoms with E-state index in [0.717, 1.165) is 12.8 Å². The van der Waals surface area contributed by atoms with Crippen LogP contribution >= 0.6 is 23.2 Å². The Morgan fingerprint density at radius 2 is 1.92 bits per heavy atom. The monoisotopic (exact) mass is 397 g/mol. The van der Waals surface area contributed by atoms with Gasteiger partial charge in [-0.05, 0) is 37.1 Å². The van der Waals surface area contributed by atoms with E-state index in [-0.39, 0.29) is 23.5 Å². The van der Waals surface area contributed by atoms with E-state index in [9.17, 15) is 9.18 Å². The van der Waals surface area contributed by atoms with Crippen LogP contribution < -0.4 is 9.47 Å². The Kier molecular flexibility index (Phi) is 5.58. The molecule has 26 heavy (non-hydrogen) atoms. The molecule has 0 aliphatic heterocycles. The number of ether oxygens (including phenoxy) is 2. The maximum atomic E-state index is 14.2. The standard InChI is InChI=1S/C19H18Cl2FNO3/c1-25-17-9-11(8-15(21)18(17)26-2)19(24)23(12-6-7-12)10-13-14(20)4-3-5-16(13)22/h3-5,8-9,12H,6-7,10H2,1-2H3. The number of hydrogen-bond acceptors (Lipinski definition) is 3. The summed E-state index contributed by atoms with van der Waals surface area (Å²) in [4.78, 5) is 14.7. The molecular weight excluding hydrogens is 380 g/mol. The lowest BCUT2D eigenvalue weighted by Crippen LogP contribution is -2.33. The third-order valence-corrected chi connectivity index (χ3v) is 4.95. The molecule has 2 aromatic carbocycles. The second-order valence-electron chi connectivity index (χ2n) is 6.06. The second kappa shape index (κ2) is 7.72. The summed E-state index contributed by atoms with van der Waals surface area (Å²) in [5.41, 5.74) is 0.660. The highest BCUT2D eigenvalue weighted by Crippen LogP contribution is 2.38. The van der Waals surface area contributed by atoms with Crippen molar-refractivity contribution in [2.75, 3.05) is 14.2 Å². The average Bonchev–Trinajstić information content (AvgIpc) is 3.45. The zero-order chi connectivity index (χ0) is 18.8. The van der Waals surface area contributed by atoms with Crippen molar-refractivity contribution in [2.24, 2.45) is 0 Å². The minimum absolute atomic E-state index is 0.0602. The maximum absolute atomic E-state index is 14.2. The van der Waals surface area contributed by atoms with Gasteiger partial charge in [-0.1, -0.05) is 29.3 Å². The number of amides is 1. The van der Waals surface area contributed by atoms with Crippen LogP contribution in [0.15, 0.2) is 30.3 Å². The van der Waals surface area contributed by atoms with Crippen LogP contribution in [0.3, 0.4) is 0 Å². The first-order valence-corrected chi connectivity index (χ1v) is 8.87. The number of benzene rings is 2. The molecular formula is C19H18Cl2FNO3. The fourth-order valence-electron chi connectivity index (χ4n) is 2.81. The molecule has 0 radical (unpaired) electrons. The van der Waals surface area contributed by atoms with Crippen molar-refractivity contribution >= 4 is 29.1 Å². The molecule has 1 saturated carbocycles. The lowest BCUT2D eigenvalue weighted by Gasteiger charge is -2.24. The van der Waals surface area contributed by atoms with E-state index in [0.29, 0.717) is 27.6 Å². The number of carbonyl (C=O) groups excluding carboxylic acids is 1. The molecule has 138 valence electrons. The first-order valence-electron chi connectivity index (χ1n) is 8.11. The van der Waals surface area contributed by atoms with Crippen LogP contribution in [-0.4, -0.2) is 31.1 Å². The van der Waals surface area contributed by atoms with Gasteiger partial charge in [-0.3, -0.25) is 4.79 Å². The Morgan fingerprint density at radius 3 is 2.50 bits per heavy atom. The summed E-state index contributed by atoms with van der Waals surface area (Å²) in [6, 6.07) is 7.66. The molecule has 0 saturated heterocycles. The second-order valence-corrected chi connectivity index (χ2v) is 6.87. The lowest BCUT2D eigenvalue weighted by atomic mass is 10.1. The van der Waals surface area contributed by atoms with Gasteiger partial charge in [-0.15, -0.1) is 0 Å².